The molecule has 186 valence electrons. The molecule has 10 heteroatoms. The maximum Gasteiger partial charge on any atom is 0.243 e. The van der Waals surface area contributed by atoms with E-state index in [9.17, 15) is 13.2 Å². The molecule has 3 heterocycles. The average molecular weight is 518 g/mol. The van der Waals surface area contributed by atoms with Crippen LogP contribution in [-0.4, -0.2) is 76.5 Å². The van der Waals surface area contributed by atoms with Crippen LogP contribution >= 0.6 is 11.6 Å². The third-order valence-electron chi connectivity index (χ3n) is 6.69. The van der Waals surface area contributed by atoms with Gasteiger partial charge in [0.05, 0.1) is 10.8 Å². The number of hydrogen-bond donors (Lipinski definition) is 1. The number of nitrogens with one attached hydrogen (secondary N) is 1. The lowest BCUT2D eigenvalue weighted by molar-refractivity contribution is -0.131. The van der Waals surface area contributed by atoms with Crippen molar-refractivity contribution < 1.29 is 22.7 Å². The molecule has 8 nitrogen and oxygen atoms in total. The molecular weight excluding hydrogens is 490 g/mol. The van der Waals surface area contributed by atoms with Crippen molar-refractivity contribution in [2.24, 2.45) is 0 Å². The van der Waals surface area contributed by atoms with Gasteiger partial charge in [-0.25, -0.2) is 8.42 Å². The van der Waals surface area contributed by atoms with Crippen LogP contribution < -0.4 is 14.8 Å². The summed E-state index contributed by atoms with van der Waals surface area (Å²) in [6, 6.07) is 12.2. The second-order valence-corrected chi connectivity index (χ2v) is 11.4. The van der Waals surface area contributed by atoms with Crippen LogP contribution in [0.5, 0.6) is 11.5 Å². The molecule has 0 saturated carbocycles. The molecule has 0 aromatic heterocycles. The number of carbonyl (C=O) groups is 1. The molecule has 2 aromatic carbocycles. The molecule has 0 spiro atoms. The van der Waals surface area contributed by atoms with Gasteiger partial charge in [-0.1, -0.05) is 23.7 Å². The molecular formula is C25H28ClN3O5S. The first kappa shape index (κ1) is 24.1. The highest BCUT2D eigenvalue weighted by atomic mass is 35.5. The summed E-state index contributed by atoms with van der Waals surface area (Å²) in [4.78, 5) is 15.5. The van der Waals surface area contributed by atoms with Crippen LogP contribution in [0, 0.1) is 0 Å². The van der Waals surface area contributed by atoms with Crippen molar-refractivity contribution in [3.63, 3.8) is 0 Å². The molecule has 0 saturated heterocycles. The fourth-order valence-corrected chi connectivity index (χ4v) is 6.51. The fourth-order valence-electron chi connectivity index (χ4n) is 4.87. The number of amides is 1. The molecule has 1 N–H and O–H groups in total. The van der Waals surface area contributed by atoms with Crippen LogP contribution in [-0.2, 0) is 14.8 Å². The smallest absolute Gasteiger partial charge is 0.243 e. The van der Waals surface area contributed by atoms with Gasteiger partial charge < -0.3 is 19.7 Å². The van der Waals surface area contributed by atoms with E-state index in [0.29, 0.717) is 55.8 Å². The van der Waals surface area contributed by atoms with Gasteiger partial charge in [-0.05, 0) is 61.0 Å². The lowest BCUT2D eigenvalue weighted by atomic mass is 9.94. The quantitative estimate of drug-likeness (QED) is 0.568. The SMILES string of the molecule is CNCCC(C(=O)N1CC2=C(C1)CN(S(=O)(=O)c1ccc3c(c1)OCCO3)C2)c1cccc(Cl)c1. The zero-order valence-electron chi connectivity index (χ0n) is 19.5. The predicted octanol–water partition coefficient (Wildman–Crippen LogP) is 2.65. The van der Waals surface area contributed by atoms with E-state index in [1.165, 1.54) is 10.4 Å². The highest BCUT2D eigenvalue weighted by Gasteiger charge is 2.39. The Bertz CT molecular complexity index is 1260. The van der Waals surface area contributed by atoms with Gasteiger partial charge in [-0.2, -0.15) is 4.31 Å². The largest absolute Gasteiger partial charge is 0.486 e. The van der Waals surface area contributed by atoms with Gasteiger partial charge in [0.15, 0.2) is 11.5 Å². The monoisotopic (exact) mass is 517 g/mol. The molecule has 3 aliphatic heterocycles. The Kier molecular flexibility index (Phi) is 6.76. The van der Waals surface area contributed by atoms with Crippen molar-refractivity contribution in [1.82, 2.24) is 14.5 Å². The van der Waals surface area contributed by atoms with E-state index in [0.717, 1.165) is 16.7 Å². The van der Waals surface area contributed by atoms with Crippen molar-refractivity contribution >= 4 is 27.5 Å². The summed E-state index contributed by atoms with van der Waals surface area (Å²) >= 11 is 6.19. The van der Waals surface area contributed by atoms with Crippen molar-refractivity contribution in [1.29, 1.82) is 0 Å². The molecule has 2 aromatic rings. The topological polar surface area (TPSA) is 88.2 Å². The Morgan fingerprint density at radius 2 is 1.74 bits per heavy atom. The molecule has 1 unspecified atom stereocenters. The maximum atomic E-state index is 13.5. The number of fused-ring (bicyclic) bond motifs is 1. The zero-order valence-corrected chi connectivity index (χ0v) is 21.1. The normalized spacial score (nSPS) is 18.6. The summed E-state index contributed by atoms with van der Waals surface area (Å²) in [7, 11) is -1.84. The van der Waals surface area contributed by atoms with E-state index in [1.54, 1.807) is 18.2 Å². The number of hydrogen-bond acceptors (Lipinski definition) is 6. The minimum atomic E-state index is -3.70. The summed E-state index contributed by atoms with van der Waals surface area (Å²) in [6.07, 6.45) is 0.654. The van der Waals surface area contributed by atoms with Crippen LogP contribution in [0.4, 0.5) is 0 Å². The number of rotatable bonds is 7. The van der Waals surface area contributed by atoms with Crippen LogP contribution in [0.25, 0.3) is 0 Å². The van der Waals surface area contributed by atoms with Crippen LogP contribution in [0.1, 0.15) is 17.9 Å². The van der Waals surface area contributed by atoms with Gasteiger partial charge in [0.25, 0.3) is 0 Å². The van der Waals surface area contributed by atoms with E-state index in [2.05, 4.69) is 5.32 Å². The first-order valence-electron chi connectivity index (χ1n) is 11.7. The zero-order chi connectivity index (χ0) is 24.6. The molecule has 5 rings (SSSR count). The van der Waals surface area contributed by atoms with E-state index in [4.69, 9.17) is 21.1 Å². The van der Waals surface area contributed by atoms with Gasteiger partial charge in [-0.3, -0.25) is 4.79 Å². The average Bonchev–Trinajstić information content (AvgIpc) is 3.44. The maximum absolute atomic E-state index is 13.5. The van der Waals surface area contributed by atoms with Crippen molar-refractivity contribution in [3.8, 4) is 11.5 Å². The molecule has 0 radical (unpaired) electrons. The summed E-state index contributed by atoms with van der Waals surface area (Å²) in [6.45, 7) is 3.00. The number of nitrogens with zero attached hydrogens (tertiary/aromatic N) is 2. The minimum absolute atomic E-state index is 0.0400. The summed E-state index contributed by atoms with van der Waals surface area (Å²) in [5, 5.41) is 3.72. The summed E-state index contributed by atoms with van der Waals surface area (Å²) in [5.74, 6) is 0.734. The second kappa shape index (κ2) is 9.81. The van der Waals surface area contributed by atoms with Gasteiger partial charge in [0.2, 0.25) is 15.9 Å². The van der Waals surface area contributed by atoms with Gasteiger partial charge in [0, 0.05) is 37.3 Å². The Labute approximate surface area is 210 Å². The van der Waals surface area contributed by atoms with Gasteiger partial charge in [0.1, 0.15) is 13.2 Å². The first-order chi connectivity index (χ1) is 16.9. The van der Waals surface area contributed by atoms with Crippen molar-refractivity contribution in [2.45, 2.75) is 17.2 Å². The van der Waals surface area contributed by atoms with Gasteiger partial charge >= 0.3 is 0 Å². The highest BCUT2D eigenvalue weighted by molar-refractivity contribution is 7.89. The lowest BCUT2D eigenvalue weighted by Gasteiger charge is -2.27. The molecule has 3 aliphatic rings. The van der Waals surface area contributed by atoms with Crippen LogP contribution in [0.3, 0.4) is 0 Å². The molecule has 0 fully saturated rings. The third-order valence-corrected chi connectivity index (χ3v) is 8.72. The van der Waals surface area contributed by atoms with Crippen molar-refractivity contribution in [2.75, 3.05) is 53.0 Å². The lowest BCUT2D eigenvalue weighted by Crippen LogP contribution is -2.39. The van der Waals surface area contributed by atoms with Crippen molar-refractivity contribution in [3.05, 3.63) is 64.2 Å². The Morgan fingerprint density at radius 1 is 1.03 bits per heavy atom. The van der Waals surface area contributed by atoms with E-state index >= 15 is 0 Å². The molecule has 0 aliphatic carbocycles. The van der Waals surface area contributed by atoms with E-state index in [1.807, 2.05) is 30.1 Å². The fraction of sp³-hybridized carbons (Fsp3) is 0.400. The van der Waals surface area contributed by atoms with E-state index < -0.39 is 10.0 Å². The number of sulfonamides is 1. The van der Waals surface area contributed by atoms with Crippen LogP contribution in [0.2, 0.25) is 5.02 Å². The summed E-state index contributed by atoms with van der Waals surface area (Å²) < 4.78 is 39.2. The predicted molar refractivity (Wildman–Crippen MR) is 133 cm³/mol. The Morgan fingerprint density at radius 3 is 2.43 bits per heavy atom. The third kappa shape index (κ3) is 4.78. The molecule has 35 heavy (non-hydrogen) atoms. The Hall–Kier alpha value is -2.59. The standard InChI is InChI=1S/C25H28ClN3O5S/c1-27-8-7-22(17-3-2-4-20(26)11-17)25(30)28-13-18-15-29(16-19(18)14-28)35(31,32)21-5-6-23-24(12-21)34-10-9-33-23/h2-6,11-12,22,27H,7-10,13-16H2,1H3. The molecule has 1 atom stereocenters. The number of ether oxygens (including phenoxy) is 2. The van der Waals surface area contributed by atoms with Crippen LogP contribution in [0.15, 0.2) is 58.5 Å². The Balaban J connectivity index is 1.27. The molecule has 0 bridgehead atoms. The summed E-state index contributed by atoms with van der Waals surface area (Å²) in [5.41, 5.74) is 2.89. The second-order valence-electron chi connectivity index (χ2n) is 8.98. The first-order valence-corrected chi connectivity index (χ1v) is 13.5. The highest BCUT2D eigenvalue weighted by Crippen LogP contribution is 2.36. The van der Waals surface area contributed by atoms with Gasteiger partial charge in [-0.15, -0.1) is 0 Å². The van der Waals surface area contributed by atoms with E-state index in [-0.39, 0.29) is 29.8 Å². The number of carbonyl (C=O) groups excluding carboxylic acids is 1. The molecule has 1 amide bonds. The number of benzene rings is 2. The minimum Gasteiger partial charge on any atom is -0.486 e. The number of halogens is 1.